The van der Waals surface area contributed by atoms with E-state index in [4.69, 9.17) is 17.3 Å². The number of benzene rings is 2. The summed E-state index contributed by atoms with van der Waals surface area (Å²) in [6.45, 7) is 0. The highest BCUT2D eigenvalue weighted by Gasteiger charge is 2.18. The molecule has 0 atom stereocenters. The SMILES string of the molecule is CSc1cccc(NS(=O)(=O)c2ccc(N)cc2Cl)c1. The number of hydrogen-bond acceptors (Lipinski definition) is 4. The van der Waals surface area contributed by atoms with Crippen molar-refractivity contribution in [2.75, 3.05) is 16.7 Å². The molecule has 2 rings (SSSR count). The van der Waals surface area contributed by atoms with Crippen molar-refractivity contribution in [3.63, 3.8) is 0 Å². The number of nitrogen functional groups attached to an aromatic ring is 1. The van der Waals surface area contributed by atoms with Crippen molar-refractivity contribution in [2.24, 2.45) is 0 Å². The zero-order chi connectivity index (χ0) is 14.8. The average Bonchev–Trinajstić information content (AvgIpc) is 2.37. The average molecular weight is 329 g/mol. The Hall–Kier alpha value is -1.37. The molecule has 0 heterocycles. The van der Waals surface area contributed by atoms with Crippen molar-refractivity contribution >= 4 is 44.8 Å². The van der Waals surface area contributed by atoms with E-state index in [-0.39, 0.29) is 9.92 Å². The molecule has 0 aliphatic rings. The number of anilines is 2. The Kier molecular flexibility index (Phi) is 4.47. The summed E-state index contributed by atoms with van der Waals surface area (Å²) in [7, 11) is -3.73. The van der Waals surface area contributed by atoms with E-state index in [1.807, 2.05) is 12.3 Å². The van der Waals surface area contributed by atoms with Crippen LogP contribution >= 0.6 is 23.4 Å². The van der Waals surface area contributed by atoms with Crippen LogP contribution in [0.3, 0.4) is 0 Å². The van der Waals surface area contributed by atoms with Crippen LogP contribution in [-0.4, -0.2) is 14.7 Å². The third-order valence-corrected chi connectivity index (χ3v) is 5.16. The lowest BCUT2D eigenvalue weighted by Gasteiger charge is -2.10. The third-order valence-electron chi connectivity index (χ3n) is 2.57. The van der Waals surface area contributed by atoms with Gasteiger partial charge >= 0.3 is 0 Å². The molecule has 0 bridgehead atoms. The fraction of sp³-hybridized carbons (Fsp3) is 0.0769. The second-order valence-electron chi connectivity index (χ2n) is 4.03. The molecule has 0 spiro atoms. The largest absolute Gasteiger partial charge is 0.399 e. The van der Waals surface area contributed by atoms with Crippen LogP contribution in [-0.2, 0) is 10.0 Å². The quantitative estimate of drug-likeness (QED) is 0.666. The maximum Gasteiger partial charge on any atom is 0.263 e. The topological polar surface area (TPSA) is 72.2 Å². The molecule has 106 valence electrons. The highest BCUT2D eigenvalue weighted by Crippen LogP contribution is 2.27. The van der Waals surface area contributed by atoms with Gasteiger partial charge in [-0.1, -0.05) is 17.7 Å². The minimum Gasteiger partial charge on any atom is -0.399 e. The van der Waals surface area contributed by atoms with Crippen LogP contribution in [0.1, 0.15) is 0 Å². The van der Waals surface area contributed by atoms with Crippen LogP contribution in [0, 0.1) is 0 Å². The first-order chi connectivity index (χ1) is 9.42. The van der Waals surface area contributed by atoms with Crippen LogP contribution in [0.5, 0.6) is 0 Å². The van der Waals surface area contributed by atoms with Crippen LogP contribution < -0.4 is 10.5 Å². The maximum absolute atomic E-state index is 12.3. The Morgan fingerprint density at radius 2 is 1.95 bits per heavy atom. The van der Waals surface area contributed by atoms with E-state index in [0.717, 1.165) is 4.90 Å². The maximum atomic E-state index is 12.3. The monoisotopic (exact) mass is 328 g/mol. The van der Waals surface area contributed by atoms with Crippen molar-refractivity contribution in [2.45, 2.75) is 9.79 Å². The summed E-state index contributed by atoms with van der Waals surface area (Å²) in [4.78, 5) is 0.969. The number of halogens is 1. The lowest BCUT2D eigenvalue weighted by Crippen LogP contribution is -2.13. The molecular formula is C13H13ClN2O2S2. The fourth-order valence-corrected chi connectivity index (χ4v) is 3.69. The Morgan fingerprint density at radius 1 is 1.20 bits per heavy atom. The molecule has 0 aliphatic carbocycles. The van der Waals surface area contributed by atoms with Gasteiger partial charge in [-0.25, -0.2) is 8.42 Å². The predicted octanol–water partition coefficient (Wildman–Crippen LogP) is 3.44. The van der Waals surface area contributed by atoms with Crippen molar-refractivity contribution in [1.82, 2.24) is 0 Å². The first kappa shape index (κ1) is 15.0. The molecule has 0 saturated heterocycles. The molecule has 3 N–H and O–H groups in total. The van der Waals surface area contributed by atoms with Crippen molar-refractivity contribution in [3.8, 4) is 0 Å². The Morgan fingerprint density at radius 3 is 2.60 bits per heavy atom. The second-order valence-corrected chi connectivity index (χ2v) is 6.96. The normalized spacial score (nSPS) is 11.3. The second kappa shape index (κ2) is 5.95. The molecule has 0 fully saturated rings. The molecule has 0 aliphatic heterocycles. The van der Waals surface area contributed by atoms with Crippen molar-refractivity contribution in [3.05, 3.63) is 47.5 Å². The molecule has 0 saturated carbocycles. The van der Waals surface area contributed by atoms with Gasteiger partial charge in [0.1, 0.15) is 4.90 Å². The van der Waals surface area contributed by atoms with E-state index in [9.17, 15) is 8.42 Å². The van der Waals surface area contributed by atoms with Gasteiger partial charge in [-0.2, -0.15) is 0 Å². The third kappa shape index (κ3) is 3.39. The van der Waals surface area contributed by atoms with Crippen molar-refractivity contribution in [1.29, 1.82) is 0 Å². The lowest BCUT2D eigenvalue weighted by atomic mass is 10.3. The molecule has 0 radical (unpaired) electrons. The fourth-order valence-electron chi connectivity index (χ4n) is 1.63. The van der Waals surface area contributed by atoms with Gasteiger partial charge in [0.2, 0.25) is 0 Å². The van der Waals surface area contributed by atoms with Crippen LogP contribution in [0.15, 0.2) is 52.3 Å². The molecule has 0 aromatic heterocycles. The lowest BCUT2D eigenvalue weighted by molar-refractivity contribution is 0.601. The van der Waals surface area contributed by atoms with Gasteiger partial charge in [0.25, 0.3) is 10.0 Å². The van der Waals surface area contributed by atoms with E-state index in [0.29, 0.717) is 11.4 Å². The Labute approximate surface area is 127 Å². The van der Waals surface area contributed by atoms with Crippen LogP contribution in [0.2, 0.25) is 5.02 Å². The molecule has 0 amide bonds. The molecule has 4 nitrogen and oxygen atoms in total. The number of hydrogen-bond donors (Lipinski definition) is 2. The highest BCUT2D eigenvalue weighted by molar-refractivity contribution is 7.98. The van der Waals surface area contributed by atoms with Crippen LogP contribution in [0.25, 0.3) is 0 Å². The zero-order valence-corrected chi connectivity index (χ0v) is 13.0. The molecule has 2 aromatic carbocycles. The van der Waals surface area contributed by atoms with Gasteiger partial charge in [-0.3, -0.25) is 4.72 Å². The van der Waals surface area contributed by atoms with E-state index >= 15 is 0 Å². The van der Waals surface area contributed by atoms with E-state index < -0.39 is 10.0 Å². The minimum atomic E-state index is -3.73. The number of thioether (sulfide) groups is 1. The summed E-state index contributed by atoms with van der Waals surface area (Å²) >= 11 is 7.47. The Balaban J connectivity index is 2.35. The summed E-state index contributed by atoms with van der Waals surface area (Å²) in [5.74, 6) is 0. The molecule has 0 unspecified atom stereocenters. The minimum absolute atomic E-state index is 0.00270. The predicted molar refractivity (Wildman–Crippen MR) is 84.9 cm³/mol. The zero-order valence-electron chi connectivity index (χ0n) is 10.6. The van der Waals surface area contributed by atoms with Gasteiger partial charge in [0.05, 0.1) is 5.02 Å². The van der Waals surface area contributed by atoms with E-state index in [2.05, 4.69) is 4.72 Å². The summed E-state index contributed by atoms with van der Waals surface area (Å²) in [5, 5.41) is 0.0959. The van der Waals surface area contributed by atoms with Gasteiger partial charge < -0.3 is 5.73 Å². The summed E-state index contributed by atoms with van der Waals surface area (Å²) < 4.78 is 27.1. The van der Waals surface area contributed by atoms with Gasteiger partial charge in [0, 0.05) is 16.3 Å². The molecule has 20 heavy (non-hydrogen) atoms. The highest BCUT2D eigenvalue weighted by atomic mass is 35.5. The van der Waals surface area contributed by atoms with Gasteiger partial charge in [-0.05, 0) is 42.7 Å². The number of nitrogens with one attached hydrogen (secondary N) is 1. The van der Waals surface area contributed by atoms with Gasteiger partial charge in [0.15, 0.2) is 0 Å². The van der Waals surface area contributed by atoms with E-state index in [1.165, 1.54) is 30.0 Å². The smallest absolute Gasteiger partial charge is 0.263 e. The molecule has 7 heteroatoms. The summed E-state index contributed by atoms with van der Waals surface area (Å²) in [5.41, 5.74) is 6.46. The van der Waals surface area contributed by atoms with E-state index in [1.54, 1.807) is 18.2 Å². The number of sulfonamides is 1. The first-order valence-corrected chi connectivity index (χ1v) is 8.73. The van der Waals surface area contributed by atoms with Gasteiger partial charge in [-0.15, -0.1) is 11.8 Å². The molecular weight excluding hydrogens is 316 g/mol. The number of nitrogens with two attached hydrogens (primary N) is 1. The summed E-state index contributed by atoms with van der Waals surface area (Å²) in [6, 6.07) is 11.4. The van der Waals surface area contributed by atoms with Crippen LogP contribution in [0.4, 0.5) is 11.4 Å². The first-order valence-electron chi connectivity index (χ1n) is 5.64. The number of rotatable bonds is 4. The Bertz CT molecular complexity index is 733. The van der Waals surface area contributed by atoms with Crippen molar-refractivity contribution < 1.29 is 8.42 Å². The summed E-state index contributed by atoms with van der Waals surface area (Å²) in [6.07, 6.45) is 1.92. The standard InChI is InChI=1S/C13H13ClN2O2S2/c1-19-11-4-2-3-10(8-11)16-20(17,18)13-6-5-9(15)7-12(13)14/h2-8,16H,15H2,1H3. The molecule has 2 aromatic rings.